The monoisotopic (exact) mass is 286 g/mol. The second-order valence-electron chi connectivity index (χ2n) is 5.78. The van der Waals surface area contributed by atoms with Gasteiger partial charge in [0.25, 0.3) is 5.56 Å². The number of rotatable bonds is 4. The molecule has 1 fully saturated rings. The van der Waals surface area contributed by atoms with Crippen LogP contribution in [0.25, 0.3) is 5.65 Å². The van der Waals surface area contributed by atoms with Gasteiger partial charge in [-0.05, 0) is 38.6 Å². The standard InChI is InChI=1S/C16H22N4O/c1-19-8-4-2-6-14(19)12-17-11-13-10-16(21)20-9-5-3-7-15(20)18-13/h3,5,7,9-10,14,17H,2,4,6,8,11-12H2,1H3. The lowest BCUT2D eigenvalue weighted by atomic mass is 10.0. The molecule has 0 radical (unpaired) electrons. The van der Waals surface area contributed by atoms with Crippen LogP contribution in [0.3, 0.4) is 0 Å². The summed E-state index contributed by atoms with van der Waals surface area (Å²) in [5.41, 5.74) is 1.49. The van der Waals surface area contributed by atoms with Gasteiger partial charge in [0.15, 0.2) is 0 Å². The normalized spacial score (nSPS) is 20.0. The molecule has 0 saturated carbocycles. The van der Waals surface area contributed by atoms with Crippen LogP contribution in [0.4, 0.5) is 0 Å². The Kier molecular flexibility index (Phi) is 4.31. The summed E-state index contributed by atoms with van der Waals surface area (Å²) in [6, 6.07) is 7.81. The molecule has 1 aliphatic rings. The first-order chi connectivity index (χ1) is 10.2. The zero-order valence-corrected chi connectivity index (χ0v) is 12.5. The van der Waals surface area contributed by atoms with E-state index < -0.39 is 0 Å². The zero-order chi connectivity index (χ0) is 14.7. The number of piperidine rings is 1. The molecule has 1 aliphatic heterocycles. The summed E-state index contributed by atoms with van der Waals surface area (Å²) in [4.78, 5) is 18.9. The van der Waals surface area contributed by atoms with Gasteiger partial charge in [-0.1, -0.05) is 12.5 Å². The van der Waals surface area contributed by atoms with E-state index in [-0.39, 0.29) is 5.56 Å². The highest BCUT2D eigenvalue weighted by Gasteiger charge is 2.18. The van der Waals surface area contributed by atoms with Crippen LogP contribution < -0.4 is 10.9 Å². The highest BCUT2D eigenvalue weighted by molar-refractivity contribution is 5.37. The molecular weight excluding hydrogens is 264 g/mol. The zero-order valence-electron chi connectivity index (χ0n) is 12.5. The minimum atomic E-state index is -0.0211. The third kappa shape index (κ3) is 3.31. The summed E-state index contributed by atoms with van der Waals surface area (Å²) in [7, 11) is 2.19. The van der Waals surface area contributed by atoms with Crippen molar-refractivity contribution in [1.29, 1.82) is 0 Å². The number of likely N-dealkylation sites (N-methyl/N-ethyl adjacent to an activating group) is 1. The van der Waals surface area contributed by atoms with E-state index in [1.165, 1.54) is 25.8 Å². The lowest BCUT2D eigenvalue weighted by molar-refractivity contribution is 0.181. The van der Waals surface area contributed by atoms with E-state index in [1.54, 1.807) is 16.7 Å². The van der Waals surface area contributed by atoms with Crippen LogP contribution in [0.1, 0.15) is 25.0 Å². The summed E-state index contributed by atoms with van der Waals surface area (Å²) < 4.78 is 1.57. The van der Waals surface area contributed by atoms with Crippen molar-refractivity contribution in [3.63, 3.8) is 0 Å². The molecule has 3 rings (SSSR count). The molecule has 1 unspecified atom stereocenters. The van der Waals surface area contributed by atoms with E-state index in [2.05, 4.69) is 22.2 Å². The summed E-state index contributed by atoms with van der Waals surface area (Å²) in [6.45, 7) is 2.78. The fourth-order valence-electron chi connectivity index (χ4n) is 2.96. The molecule has 0 aliphatic carbocycles. The average molecular weight is 286 g/mol. The molecule has 5 nitrogen and oxygen atoms in total. The van der Waals surface area contributed by atoms with Crippen LogP contribution in [0.2, 0.25) is 0 Å². The number of hydrogen-bond acceptors (Lipinski definition) is 4. The largest absolute Gasteiger partial charge is 0.310 e. The minimum Gasteiger partial charge on any atom is -0.310 e. The molecular formula is C16H22N4O. The first-order valence-corrected chi connectivity index (χ1v) is 7.62. The van der Waals surface area contributed by atoms with Gasteiger partial charge in [-0.25, -0.2) is 4.98 Å². The molecule has 3 heterocycles. The van der Waals surface area contributed by atoms with Crippen LogP contribution in [-0.4, -0.2) is 40.5 Å². The first kappa shape index (κ1) is 14.2. The smallest absolute Gasteiger partial charge is 0.258 e. The molecule has 1 N–H and O–H groups in total. The fourth-order valence-corrected chi connectivity index (χ4v) is 2.96. The van der Waals surface area contributed by atoms with Crippen LogP contribution in [0, 0.1) is 0 Å². The number of pyridine rings is 1. The Labute approximate surface area is 124 Å². The summed E-state index contributed by atoms with van der Waals surface area (Å²) >= 11 is 0. The van der Waals surface area contributed by atoms with Crippen molar-refractivity contribution in [2.75, 3.05) is 20.1 Å². The van der Waals surface area contributed by atoms with Gasteiger partial charge in [-0.15, -0.1) is 0 Å². The highest BCUT2D eigenvalue weighted by atomic mass is 16.1. The molecule has 0 aromatic carbocycles. The predicted molar refractivity (Wildman–Crippen MR) is 83.4 cm³/mol. The number of likely N-dealkylation sites (tertiary alicyclic amines) is 1. The van der Waals surface area contributed by atoms with Gasteiger partial charge < -0.3 is 10.2 Å². The summed E-state index contributed by atoms with van der Waals surface area (Å²) in [5.74, 6) is 0. The Morgan fingerprint density at radius 1 is 1.38 bits per heavy atom. The highest BCUT2D eigenvalue weighted by Crippen LogP contribution is 2.14. The Morgan fingerprint density at radius 2 is 2.29 bits per heavy atom. The van der Waals surface area contributed by atoms with E-state index >= 15 is 0 Å². The van der Waals surface area contributed by atoms with Crippen molar-refractivity contribution in [3.8, 4) is 0 Å². The van der Waals surface area contributed by atoms with Crippen molar-refractivity contribution in [1.82, 2.24) is 19.6 Å². The number of aromatic nitrogens is 2. The SMILES string of the molecule is CN1CCCCC1CNCc1cc(=O)n2ccccc2n1. The van der Waals surface area contributed by atoms with Crippen molar-refractivity contribution in [2.45, 2.75) is 31.8 Å². The molecule has 21 heavy (non-hydrogen) atoms. The van der Waals surface area contributed by atoms with E-state index in [0.29, 0.717) is 18.2 Å². The third-order valence-electron chi connectivity index (χ3n) is 4.23. The lowest BCUT2D eigenvalue weighted by Gasteiger charge is -2.32. The van der Waals surface area contributed by atoms with Crippen LogP contribution in [-0.2, 0) is 6.54 Å². The van der Waals surface area contributed by atoms with Crippen molar-refractivity contribution in [2.24, 2.45) is 0 Å². The van der Waals surface area contributed by atoms with Crippen LogP contribution in [0.15, 0.2) is 35.3 Å². The second kappa shape index (κ2) is 6.37. The van der Waals surface area contributed by atoms with Gasteiger partial charge in [0.05, 0.1) is 5.69 Å². The van der Waals surface area contributed by atoms with Gasteiger partial charge in [-0.3, -0.25) is 9.20 Å². The Morgan fingerprint density at radius 3 is 3.14 bits per heavy atom. The van der Waals surface area contributed by atoms with Gasteiger partial charge >= 0.3 is 0 Å². The number of nitrogens with one attached hydrogen (secondary N) is 1. The molecule has 2 aromatic rings. The molecule has 1 saturated heterocycles. The van der Waals surface area contributed by atoms with Crippen molar-refractivity contribution in [3.05, 3.63) is 46.5 Å². The van der Waals surface area contributed by atoms with Crippen molar-refractivity contribution >= 4 is 5.65 Å². The second-order valence-corrected chi connectivity index (χ2v) is 5.78. The third-order valence-corrected chi connectivity index (χ3v) is 4.23. The van der Waals surface area contributed by atoms with Crippen molar-refractivity contribution < 1.29 is 0 Å². The molecule has 1 atom stereocenters. The van der Waals surface area contributed by atoms with E-state index in [4.69, 9.17) is 0 Å². The number of nitrogens with zero attached hydrogens (tertiary/aromatic N) is 3. The minimum absolute atomic E-state index is 0.0211. The van der Waals surface area contributed by atoms with Gasteiger partial charge in [-0.2, -0.15) is 0 Å². The van der Waals surface area contributed by atoms with Gasteiger partial charge in [0.1, 0.15) is 5.65 Å². The predicted octanol–water partition coefficient (Wildman–Crippen LogP) is 1.27. The summed E-state index contributed by atoms with van der Waals surface area (Å²) in [6.07, 6.45) is 5.61. The topological polar surface area (TPSA) is 49.6 Å². The van der Waals surface area contributed by atoms with Gasteiger partial charge in [0.2, 0.25) is 0 Å². The Balaban J connectivity index is 1.64. The maximum atomic E-state index is 12.0. The van der Waals surface area contributed by atoms with E-state index in [1.807, 2.05) is 18.2 Å². The fraction of sp³-hybridized carbons (Fsp3) is 0.500. The number of fused-ring (bicyclic) bond motifs is 1. The van der Waals surface area contributed by atoms with E-state index in [0.717, 1.165) is 12.2 Å². The molecule has 112 valence electrons. The summed E-state index contributed by atoms with van der Waals surface area (Å²) in [5, 5.41) is 3.44. The first-order valence-electron chi connectivity index (χ1n) is 7.62. The Bertz CT molecular complexity index is 667. The lowest BCUT2D eigenvalue weighted by Crippen LogP contribution is -2.43. The van der Waals surface area contributed by atoms with E-state index in [9.17, 15) is 4.79 Å². The number of hydrogen-bond donors (Lipinski definition) is 1. The van der Waals surface area contributed by atoms with Gasteiger partial charge in [0, 0.05) is 31.4 Å². The maximum Gasteiger partial charge on any atom is 0.258 e. The molecule has 5 heteroatoms. The Hall–Kier alpha value is -1.72. The van der Waals surface area contributed by atoms with Crippen LogP contribution >= 0.6 is 0 Å². The average Bonchev–Trinajstić information content (AvgIpc) is 2.49. The van der Waals surface area contributed by atoms with Crippen LogP contribution in [0.5, 0.6) is 0 Å². The molecule has 2 aromatic heterocycles. The molecule has 0 spiro atoms. The quantitative estimate of drug-likeness (QED) is 0.919. The molecule has 0 bridgehead atoms. The maximum absolute atomic E-state index is 12.0. The molecule has 0 amide bonds.